The zero-order chi connectivity index (χ0) is 30.6. The number of nitrogens with zero attached hydrogens (tertiary/aromatic N) is 1. The van der Waals surface area contributed by atoms with Crippen molar-refractivity contribution in [2.24, 2.45) is 11.7 Å². The van der Waals surface area contributed by atoms with Crippen LogP contribution >= 0.6 is 11.6 Å². The second-order valence-electron chi connectivity index (χ2n) is 11.4. The SMILES string of the molecule is N[C@H]1CCN(C(=O)[C@@H](NS(=O)(=O)c2ccc(OCC3CCCCC3)cc2)C(F)(F)c2ccc(-c3ccc(Cl)cc3)cc2)C1. The number of alkyl halides is 2. The highest BCUT2D eigenvalue weighted by Gasteiger charge is 2.50. The molecule has 0 radical (unpaired) electrons. The number of nitrogens with one attached hydrogen (secondary N) is 1. The van der Waals surface area contributed by atoms with Crippen molar-refractivity contribution in [1.82, 2.24) is 9.62 Å². The van der Waals surface area contributed by atoms with Gasteiger partial charge in [-0.3, -0.25) is 4.79 Å². The minimum atomic E-state index is -4.52. The average Bonchev–Trinajstić information content (AvgIpc) is 3.46. The average molecular weight is 632 g/mol. The zero-order valence-corrected chi connectivity index (χ0v) is 25.3. The Balaban J connectivity index is 1.37. The molecule has 1 aliphatic carbocycles. The number of benzene rings is 3. The molecule has 230 valence electrons. The van der Waals surface area contributed by atoms with Crippen LogP contribution in [0.5, 0.6) is 5.75 Å². The Morgan fingerprint density at radius 2 is 1.56 bits per heavy atom. The third kappa shape index (κ3) is 7.55. The molecule has 5 rings (SSSR count). The van der Waals surface area contributed by atoms with E-state index in [-0.39, 0.29) is 24.0 Å². The van der Waals surface area contributed by atoms with Gasteiger partial charge in [0.2, 0.25) is 15.9 Å². The highest BCUT2D eigenvalue weighted by atomic mass is 35.5. The van der Waals surface area contributed by atoms with Crippen molar-refractivity contribution in [3.8, 4) is 16.9 Å². The molecule has 3 aromatic carbocycles. The quantitative estimate of drug-likeness (QED) is 0.287. The fourth-order valence-electron chi connectivity index (χ4n) is 5.65. The molecule has 3 aromatic rings. The molecule has 0 spiro atoms. The Labute approximate surface area is 256 Å². The third-order valence-electron chi connectivity index (χ3n) is 8.21. The lowest BCUT2D eigenvalue weighted by atomic mass is 9.90. The van der Waals surface area contributed by atoms with Crippen LogP contribution in [0.4, 0.5) is 8.78 Å². The lowest BCUT2D eigenvalue weighted by Crippen LogP contribution is -2.56. The fraction of sp³-hybridized carbons (Fsp3) is 0.406. The number of sulfonamides is 1. The molecule has 0 unspecified atom stereocenters. The third-order valence-corrected chi connectivity index (χ3v) is 9.90. The van der Waals surface area contributed by atoms with Crippen molar-refractivity contribution in [3.63, 3.8) is 0 Å². The number of hydrogen-bond donors (Lipinski definition) is 2. The van der Waals surface area contributed by atoms with Gasteiger partial charge in [-0.15, -0.1) is 0 Å². The first kappa shape index (κ1) is 31.4. The molecule has 11 heteroatoms. The van der Waals surface area contributed by atoms with Crippen molar-refractivity contribution >= 4 is 27.5 Å². The smallest absolute Gasteiger partial charge is 0.298 e. The summed E-state index contributed by atoms with van der Waals surface area (Å²) in [5.74, 6) is -3.95. The summed E-state index contributed by atoms with van der Waals surface area (Å²) in [5, 5.41) is 0.545. The summed E-state index contributed by atoms with van der Waals surface area (Å²) in [6.45, 7) is 0.772. The predicted molar refractivity (Wildman–Crippen MR) is 163 cm³/mol. The van der Waals surface area contributed by atoms with Crippen LogP contribution in [-0.4, -0.2) is 51.0 Å². The van der Waals surface area contributed by atoms with E-state index < -0.39 is 33.5 Å². The molecule has 0 bridgehead atoms. The molecule has 2 fully saturated rings. The van der Waals surface area contributed by atoms with Gasteiger partial charge in [-0.2, -0.15) is 13.5 Å². The normalized spacial score (nSPS) is 18.9. The first-order valence-electron chi connectivity index (χ1n) is 14.6. The summed E-state index contributed by atoms with van der Waals surface area (Å²) in [6, 6.07) is 15.2. The Morgan fingerprint density at radius 3 is 2.14 bits per heavy atom. The van der Waals surface area contributed by atoms with Crippen LogP contribution in [0.1, 0.15) is 44.1 Å². The van der Waals surface area contributed by atoms with Crippen molar-refractivity contribution in [1.29, 1.82) is 0 Å². The number of ether oxygens (including phenoxy) is 1. The monoisotopic (exact) mass is 631 g/mol. The van der Waals surface area contributed by atoms with E-state index >= 15 is 8.78 Å². The number of hydrogen-bond acceptors (Lipinski definition) is 5. The van der Waals surface area contributed by atoms with Gasteiger partial charge in [0.1, 0.15) is 5.75 Å². The minimum absolute atomic E-state index is 0.0652. The van der Waals surface area contributed by atoms with E-state index in [4.69, 9.17) is 22.1 Å². The predicted octanol–water partition coefficient (Wildman–Crippen LogP) is 5.96. The lowest BCUT2D eigenvalue weighted by molar-refractivity contribution is -0.143. The van der Waals surface area contributed by atoms with Crippen LogP contribution in [0, 0.1) is 5.92 Å². The summed E-state index contributed by atoms with van der Waals surface area (Å²) in [6.07, 6.45) is 6.23. The van der Waals surface area contributed by atoms with Gasteiger partial charge >= 0.3 is 0 Å². The van der Waals surface area contributed by atoms with E-state index in [0.29, 0.717) is 35.3 Å². The summed E-state index contributed by atoms with van der Waals surface area (Å²) in [7, 11) is -4.52. The van der Waals surface area contributed by atoms with Gasteiger partial charge in [-0.1, -0.05) is 67.3 Å². The summed E-state index contributed by atoms with van der Waals surface area (Å²) < 4.78 is 67.0. The summed E-state index contributed by atoms with van der Waals surface area (Å²) in [4.78, 5) is 14.4. The molecule has 2 atom stereocenters. The Bertz CT molecular complexity index is 1500. The van der Waals surface area contributed by atoms with E-state index in [1.165, 1.54) is 72.7 Å². The lowest BCUT2D eigenvalue weighted by Gasteiger charge is -2.30. The fourth-order valence-corrected chi connectivity index (χ4v) is 6.97. The number of nitrogens with two attached hydrogens (primary N) is 1. The first-order chi connectivity index (χ1) is 20.5. The van der Waals surface area contributed by atoms with Crippen molar-refractivity contribution in [3.05, 3.63) is 83.4 Å². The number of carbonyl (C=O) groups is 1. The van der Waals surface area contributed by atoms with Crippen LogP contribution in [0.25, 0.3) is 11.1 Å². The molecular weight excluding hydrogens is 596 g/mol. The molecule has 1 heterocycles. The van der Waals surface area contributed by atoms with Crippen LogP contribution in [-0.2, 0) is 20.7 Å². The van der Waals surface area contributed by atoms with E-state index in [2.05, 4.69) is 0 Å². The Morgan fingerprint density at radius 1 is 0.953 bits per heavy atom. The van der Waals surface area contributed by atoms with Gasteiger partial charge in [-0.05, 0) is 72.7 Å². The maximum atomic E-state index is 16.2. The minimum Gasteiger partial charge on any atom is -0.493 e. The van der Waals surface area contributed by atoms with Gasteiger partial charge in [0.05, 0.1) is 11.5 Å². The van der Waals surface area contributed by atoms with Gasteiger partial charge in [0.25, 0.3) is 5.92 Å². The van der Waals surface area contributed by atoms with Gasteiger partial charge < -0.3 is 15.4 Å². The molecular formula is C32H36ClF2N3O4S. The van der Waals surface area contributed by atoms with E-state index in [0.717, 1.165) is 18.4 Å². The van der Waals surface area contributed by atoms with Gasteiger partial charge in [0.15, 0.2) is 6.04 Å². The topological polar surface area (TPSA) is 102 Å². The largest absolute Gasteiger partial charge is 0.493 e. The second kappa shape index (κ2) is 13.3. The molecule has 3 N–H and O–H groups in total. The molecule has 2 aliphatic rings. The standard InChI is InChI=1S/C32H36ClF2N3O4S/c33-26-12-8-24(9-13-26)23-6-10-25(11-7-23)32(34,35)30(31(39)38-19-18-27(36)20-38)37-43(40,41)29-16-14-28(15-17-29)42-21-22-4-2-1-3-5-22/h6-17,22,27,30,37H,1-5,18-21,36H2/t27-,30+/m0/s1. The highest BCUT2D eigenvalue weighted by Crippen LogP contribution is 2.36. The van der Waals surface area contributed by atoms with Crippen molar-refractivity contribution in [2.75, 3.05) is 19.7 Å². The number of amides is 1. The van der Waals surface area contributed by atoms with Crippen molar-refractivity contribution in [2.45, 2.75) is 61.4 Å². The molecule has 1 saturated heterocycles. The van der Waals surface area contributed by atoms with Gasteiger partial charge in [-0.25, -0.2) is 8.42 Å². The Hall–Kier alpha value is -3.05. The van der Waals surface area contributed by atoms with Gasteiger partial charge in [0, 0.05) is 29.7 Å². The second-order valence-corrected chi connectivity index (χ2v) is 13.5. The maximum Gasteiger partial charge on any atom is 0.298 e. The molecule has 1 saturated carbocycles. The van der Waals surface area contributed by atoms with E-state index in [9.17, 15) is 13.2 Å². The summed E-state index contributed by atoms with van der Waals surface area (Å²) in [5.41, 5.74) is 6.86. The molecule has 0 aromatic heterocycles. The van der Waals surface area contributed by atoms with Crippen LogP contribution < -0.4 is 15.2 Å². The first-order valence-corrected chi connectivity index (χ1v) is 16.4. The molecule has 1 aliphatic heterocycles. The maximum absolute atomic E-state index is 16.2. The number of halogens is 3. The number of rotatable bonds is 10. The summed E-state index contributed by atoms with van der Waals surface area (Å²) >= 11 is 5.95. The van der Waals surface area contributed by atoms with Crippen LogP contribution in [0.2, 0.25) is 5.02 Å². The highest BCUT2D eigenvalue weighted by molar-refractivity contribution is 7.89. The molecule has 7 nitrogen and oxygen atoms in total. The van der Waals surface area contributed by atoms with Crippen molar-refractivity contribution < 1.29 is 26.7 Å². The molecule has 43 heavy (non-hydrogen) atoms. The number of carbonyl (C=O) groups excluding carboxylic acids is 1. The van der Waals surface area contributed by atoms with E-state index in [1.54, 1.807) is 24.3 Å². The van der Waals surface area contributed by atoms with Crippen LogP contribution in [0.3, 0.4) is 0 Å². The zero-order valence-electron chi connectivity index (χ0n) is 23.7. The van der Waals surface area contributed by atoms with Crippen LogP contribution in [0.15, 0.2) is 77.7 Å². The van der Waals surface area contributed by atoms with E-state index in [1.807, 2.05) is 4.72 Å². The number of likely N-dealkylation sites (tertiary alicyclic amines) is 1. The Kier molecular flexibility index (Phi) is 9.70. The molecule has 1 amide bonds.